The van der Waals surface area contributed by atoms with Crippen molar-refractivity contribution in [3.8, 4) is 0 Å². The van der Waals surface area contributed by atoms with Crippen LogP contribution in [0.1, 0.15) is 18.4 Å². The van der Waals surface area contributed by atoms with E-state index in [-0.39, 0.29) is 0 Å². The molecule has 0 heterocycles. The molecular formula is C12H19NO. The molecular weight excluding hydrogens is 174 g/mol. The Kier molecular flexibility index (Phi) is 4.63. The molecule has 0 aliphatic rings. The highest BCUT2D eigenvalue weighted by Crippen LogP contribution is 2.19. The Bertz CT molecular complexity index is 248. The summed E-state index contributed by atoms with van der Waals surface area (Å²) in [6, 6.07) is 10.9. The smallest absolute Gasteiger partial charge is 0.0545 e. The van der Waals surface area contributed by atoms with Crippen LogP contribution in [-0.2, 0) is 4.74 Å². The maximum atomic E-state index is 5.24. The van der Waals surface area contributed by atoms with Crippen molar-refractivity contribution >= 4 is 0 Å². The summed E-state index contributed by atoms with van der Waals surface area (Å²) in [5, 5.41) is 3.27. The van der Waals surface area contributed by atoms with Crippen LogP contribution >= 0.6 is 0 Å². The Morgan fingerprint density at radius 1 is 1.29 bits per heavy atom. The minimum atomic E-state index is 0.422. The fourth-order valence-electron chi connectivity index (χ4n) is 1.61. The minimum Gasteiger partial charge on any atom is -0.384 e. The second-order valence-electron chi connectivity index (χ2n) is 3.55. The monoisotopic (exact) mass is 193 g/mol. The Morgan fingerprint density at radius 2 is 1.93 bits per heavy atom. The molecule has 1 rings (SSSR count). The van der Waals surface area contributed by atoms with Crippen LogP contribution in [0.3, 0.4) is 0 Å². The molecule has 0 aliphatic heterocycles. The number of hydrogen-bond acceptors (Lipinski definition) is 2. The average Bonchev–Trinajstić information content (AvgIpc) is 2.26. The summed E-state index contributed by atoms with van der Waals surface area (Å²) < 4.78 is 5.24. The van der Waals surface area contributed by atoms with E-state index in [0.29, 0.717) is 12.0 Å². The number of nitrogens with one attached hydrogen (secondary N) is 1. The molecule has 0 radical (unpaired) electrons. The van der Waals surface area contributed by atoms with Gasteiger partial charge in [0.2, 0.25) is 0 Å². The maximum absolute atomic E-state index is 5.24. The molecule has 0 saturated carbocycles. The van der Waals surface area contributed by atoms with E-state index >= 15 is 0 Å². The standard InChI is InChI=1S/C12H19NO/c1-10(13-2)12(9-14-3)11-7-5-4-6-8-11/h4-8,10,12-13H,9H2,1-3H3. The van der Waals surface area contributed by atoms with Gasteiger partial charge in [0.25, 0.3) is 0 Å². The summed E-state index contributed by atoms with van der Waals surface area (Å²) in [5.41, 5.74) is 1.33. The first kappa shape index (κ1) is 11.2. The van der Waals surface area contributed by atoms with Gasteiger partial charge in [-0.3, -0.25) is 0 Å². The molecule has 2 nitrogen and oxygen atoms in total. The predicted molar refractivity (Wildman–Crippen MR) is 59.6 cm³/mol. The first-order valence-corrected chi connectivity index (χ1v) is 5.00. The summed E-state index contributed by atoms with van der Waals surface area (Å²) in [6.45, 7) is 2.93. The van der Waals surface area contributed by atoms with Gasteiger partial charge in [-0.25, -0.2) is 0 Å². The third kappa shape index (κ3) is 2.82. The van der Waals surface area contributed by atoms with Gasteiger partial charge in [0.15, 0.2) is 0 Å². The molecule has 2 heteroatoms. The lowest BCUT2D eigenvalue weighted by Gasteiger charge is -2.23. The van der Waals surface area contributed by atoms with E-state index in [4.69, 9.17) is 4.74 Å². The zero-order valence-corrected chi connectivity index (χ0v) is 9.16. The second kappa shape index (κ2) is 5.78. The van der Waals surface area contributed by atoms with Crippen LogP contribution in [0.2, 0.25) is 0 Å². The Hall–Kier alpha value is -0.860. The lowest BCUT2D eigenvalue weighted by Crippen LogP contribution is -2.31. The minimum absolute atomic E-state index is 0.422. The van der Waals surface area contributed by atoms with E-state index in [1.54, 1.807) is 7.11 Å². The number of benzene rings is 1. The number of methoxy groups -OCH3 is 1. The number of ether oxygens (including phenoxy) is 1. The summed E-state index contributed by atoms with van der Waals surface area (Å²) >= 11 is 0. The van der Waals surface area contributed by atoms with Crippen molar-refractivity contribution in [2.75, 3.05) is 20.8 Å². The molecule has 1 aromatic carbocycles. The molecule has 0 fully saturated rings. The van der Waals surface area contributed by atoms with Crippen LogP contribution in [0.4, 0.5) is 0 Å². The maximum Gasteiger partial charge on any atom is 0.0545 e. The first-order chi connectivity index (χ1) is 6.79. The van der Waals surface area contributed by atoms with Crippen LogP contribution in [0.25, 0.3) is 0 Å². The van der Waals surface area contributed by atoms with Crippen molar-refractivity contribution in [2.45, 2.75) is 18.9 Å². The summed E-state index contributed by atoms with van der Waals surface area (Å²) in [7, 11) is 3.73. The van der Waals surface area contributed by atoms with Crippen LogP contribution in [0.15, 0.2) is 30.3 Å². The van der Waals surface area contributed by atoms with Crippen molar-refractivity contribution in [3.63, 3.8) is 0 Å². The van der Waals surface area contributed by atoms with Gasteiger partial charge in [0.05, 0.1) is 6.61 Å². The van der Waals surface area contributed by atoms with E-state index in [2.05, 4.69) is 36.5 Å². The Morgan fingerprint density at radius 3 is 2.43 bits per heavy atom. The van der Waals surface area contributed by atoms with Crippen molar-refractivity contribution in [3.05, 3.63) is 35.9 Å². The second-order valence-corrected chi connectivity index (χ2v) is 3.55. The van der Waals surface area contributed by atoms with E-state index in [1.165, 1.54) is 5.56 Å². The number of hydrogen-bond donors (Lipinski definition) is 1. The van der Waals surface area contributed by atoms with Gasteiger partial charge in [0.1, 0.15) is 0 Å². The zero-order valence-electron chi connectivity index (χ0n) is 9.16. The lowest BCUT2D eigenvalue weighted by atomic mass is 9.93. The molecule has 1 aromatic rings. The van der Waals surface area contributed by atoms with E-state index < -0.39 is 0 Å². The number of rotatable bonds is 5. The number of likely N-dealkylation sites (N-methyl/N-ethyl adjacent to an activating group) is 1. The molecule has 14 heavy (non-hydrogen) atoms. The third-order valence-corrected chi connectivity index (χ3v) is 2.63. The van der Waals surface area contributed by atoms with Gasteiger partial charge in [-0.15, -0.1) is 0 Å². The summed E-state index contributed by atoms with van der Waals surface area (Å²) in [5.74, 6) is 0.422. The fourth-order valence-corrected chi connectivity index (χ4v) is 1.61. The van der Waals surface area contributed by atoms with Gasteiger partial charge in [-0.05, 0) is 19.5 Å². The molecule has 78 valence electrons. The highest BCUT2D eigenvalue weighted by atomic mass is 16.5. The van der Waals surface area contributed by atoms with Crippen LogP contribution < -0.4 is 5.32 Å². The highest BCUT2D eigenvalue weighted by molar-refractivity contribution is 5.21. The largest absolute Gasteiger partial charge is 0.384 e. The molecule has 2 unspecified atom stereocenters. The lowest BCUT2D eigenvalue weighted by molar-refractivity contribution is 0.167. The zero-order chi connectivity index (χ0) is 10.4. The van der Waals surface area contributed by atoms with Crippen molar-refractivity contribution in [1.29, 1.82) is 0 Å². The van der Waals surface area contributed by atoms with Crippen LogP contribution in [-0.4, -0.2) is 26.8 Å². The first-order valence-electron chi connectivity index (χ1n) is 5.00. The highest BCUT2D eigenvalue weighted by Gasteiger charge is 2.17. The fraction of sp³-hybridized carbons (Fsp3) is 0.500. The molecule has 0 spiro atoms. The molecule has 0 aliphatic carbocycles. The van der Waals surface area contributed by atoms with Gasteiger partial charge < -0.3 is 10.1 Å². The predicted octanol–water partition coefficient (Wildman–Crippen LogP) is 2.02. The topological polar surface area (TPSA) is 21.3 Å². The molecule has 0 amide bonds. The van der Waals surface area contributed by atoms with Crippen molar-refractivity contribution < 1.29 is 4.74 Å². The Balaban J connectivity index is 2.77. The van der Waals surface area contributed by atoms with Crippen LogP contribution in [0, 0.1) is 0 Å². The summed E-state index contributed by atoms with van der Waals surface area (Å²) in [6.07, 6.45) is 0. The third-order valence-electron chi connectivity index (χ3n) is 2.63. The van der Waals surface area contributed by atoms with Gasteiger partial charge in [-0.2, -0.15) is 0 Å². The SMILES string of the molecule is CNC(C)C(COC)c1ccccc1. The molecule has 0 aromatic heterocycles. The Labute approximate surface area is 86.3 Å². The molecule has 1 N–H and O–H groups in total. The molecule has 0 bridgehead atoms. The van der Waals surface area contributed by atoms with Gasteiger partial charge in [-0.1, -0.05) is 30.3 Å². The van der Waals surface area contributed by atoms with E-state index in [0.717, 1.165) is 6.61 Å². The molecule has 0 saturated heterocycles. The summed E-state index contributed by atoms with van der Waals surface area (Å²) in [4.78, 5) is 0. The van der Waals surface area contributed by atoms with Crippen molar-refractivity contribution in [1.82, 2.24) is 5.32 Å². The van der Waals surface area contributed by atoms with Gasteiger partial charge in [0, 0.05) is 19.1 Å². The van der Waals surface area contributed by atoms with Gasteiger partial charge >= 0.3 is 0 Å². The molecule has 2 atom stereocenters. The van der Waals surface area contributed by atoms with E-state index in [1.807, 2.05) is 13.1 Å². The van der Waals surface area contributed by atoms with E-state index in [9.17, 15) is 0 Å². The quantitative estimate of drug-likeness (QED) is 0.772. The van der Waals surface area contributed by atoms with Crippen LogP contribution in [0.5, 0.6) is 0 Å². The normalized spacial score (nSPS) is 15.1. The van der Waals surface area contributed by atoms with Crippen molar-refractivity contribution in [2.24, 2.45) is 0 Å². The average molecular weight is 193 g/mol.